The molecule has 1 aromatic rings. The van der Waals surface area contributed by atoms with E-state index in [9.17, 15) is 9.59 Å². The maximum absolute atomic E-state index is 13.1. The summed E-state index contributed by atoms with van der Waals surface area (Å²) in [6, 6.07) is 7.80. The molecule has 1 saturated heterocycles. The first-order valence-electron chi connectivity index (χ1n) is 9.83. The third-order valence-electron chi connectivity index (χ3n) is 7.03. The van der Waals surface area contributed by atoms with Crippen molar-refractivity contribution in [2.45, 2.75) is 51.4 Å². The van der Waals surface area contributed by atoms with Crippen molar-refractivity contribution in [2.24, 2.45) is 23.2 Å². The second-order valence-electron chi connectivity index (χ2n) is 8.85. The molecule has 1 heterocycles. The minimum Gasteiger partial charge on any atom is -0.326 e. The minimum absolute atomic E-state index is 0.113. The Hall–Kier alpha value is -1.84. The molecular formula is C21H26N2O2. The van der Waals surface area contributed by atoms with Crippen LogP contribution >= 0.6 is 0 Å². The summed E-state index contributed by atoms with van der Waals surface area (Å²) in [7, 11) is 0. The van der Waals surface area contributed by atoms with E-state index in [2.05, 4.69) is 5.32 Å². The molecule has 1 aromatic carbocycles. The summed E-state index contributed by atoms with van der Waals surface area (Å²) in [6.45, 7) is 0.803. The number of rotatable bonds is 3. The average molecular weight is 338 g/mol. The van der Waals surface area contributed by atoms with Crippen LogP contribution in [0.5, 0.6) is 0 Å². The van der Waals surface area contributed by atoms with Gasteiger partial charge in [0.25, 0.3) is 0 Å². The van der Waals surface area contributed by atoms with Crippen LogP contribution in [0.15, 0.2) is 24.3 Å². The van der Waals surface area contributed by atoms with Crippen molar-refractivity contribution in [3.05, 3.63) is 24.3 Å². The predicted octanol–water partition coefficient (Wildman–Crippen LogP) is 3.97. The normalized spacial score (nSPS) is 36.1. The number of benzene rings is 1. The lowest BCUT2D eigenvalue weighted by Gasteiger charge is -2.55. The van der Waals surface area contributed by atoms with Gasteiger partial charge in [0.15, 0.2) is 0 Å². The molecule has 5 aliphatic rings. The van der Waals surface area contributed by atoms with Crippen molar-refractivity contribution in [1.82, 2.24) is 0 Å². The molecule has 132 valence electrons. The van der Waals surface area contributed by atoms with Gasteiger partial charge in [0, 0.05) is 24.3 Å². The summed E-state index contributed by atoms with van der Waals surface area (Å²) >= 11 is 0. The highest BCUT2D eigenvalue weighted by atomic mass is 16.2. The van der Waals surface area contributed by atoms with Crippen LogP contribution < -0.4 is 10.2 Å². The zero-order valence-electron chi connectivity index (χ0n) is 14.7. The molecule has 0 atom stereocenters. The molecule has 6 rings (SSSR count). The second kappa shape index (κ2) is 5.58. The maximum atomic E-state index is 13.1. The molecule has 0 radical (unpaired) electrons. The molecule has 1 N–H and O–H groups in total. The van der Waals surface area contributed by atoms with Crippen LogP contribution in [0.25, 0.3) is 0 Å². The minimum atomic E-state index is -0.113. The lowest BCUT2D eigenvalue weighted by atomic mass is 9.49. The van der Waals surface area contributed by atoms with Gasteiger partial charge in [-0.15, -0.1) is 0 Å². The molecule has 4 aliphatic carbocycles. The maximum Gasteiger partial charge on any atom is 0.230 e. The van der Waals surface area contributed by atoms with E-state index in [1.54, 1.807) is 0 Å². The highest BCUT2D eigenvalue weighted by Gasteiger charge is 2.54. The number of nitrogens with zero attached hydrogens (tertiary/aromatic N) is 1. The summed E-state index contributed by atoms with van der Waals surface area (Å²) in [5.41, 5.74) is 1.68. The van der Waals surface area contributed by atoms with Crippen molar-refractivity contribution < 1.29 is 9.59 Å². The molecular weight excluding hydrogens is 312 g/mol. The Morgan fingerprint density at radius 3 is 2.12 bits per heavy atom. The molecule has 4 saturated carbocycles. The fraction of sp³-hybridized carbons (Fsp3) is 0.619. The van der Waals surface area contributed by atoms with Gasteiger partial charge in [0.1, 0.15) is 0 Å². The van der Waals surface area contributed by atoms with E-state index in [0.29, 0.717) is 6.42 Å². The highest BCUT2D eigenvalue weighted by Crippen LogP contribution is 2.60. The Bertz CT molecular complexity index is 674. The Morgan fingerprint density at radius 2 is 1.60 bits per heavy atom. The third kappa shape index (κ3) is 2.57. The van der Waals surface area contributed by atoms with Crippen LogP contribution in [0, 0.1) is 23.2 Å². The van der Waals surface area contributed by atoms with E-state index in [1.807, 2.05) is 29.2 Å². The lowest BCUT2D eigenvalue weighted by Crippen LogP contribution is -2.51. The third-order valence-corrected chi connectivity index (χ3v) is 7.03. The summed E-state index contributed by atoms with van der Waals surface area (Å²) < 4.78 is 0. The predicted molar refractivity (Wildman–Crippen MR) is 97.3 cm³/mol. The van der Waals surface area contributed by atoms with Gasteiger partial charge in [0.05, 0.1) is 5.41 Å². The van der Waals surface area contributed by atoms with Crippen LogP contribution in [0.1, 0.15) is 51.4 Å². The molecule has 4 bridgehead atoms. The summed E-state index contributed by atoms with van der Waals surface area (Å²) in [5, 5.41) is 3.19. The molecule has 0 spiro atoms. The molecule has 5 fully saturated rings. The van der Waals surface area contributed by atoms with Crippen molar-refractivity contribution in [2.75, 3.05) is 16.8 Å². The largest absolute Gasteiger partial charge is 0.326 e. The van der Waals surface area contributed by atoms with Crippen molar-refractivity contribution in [1.29, 1.82) is 0 Å². The van der Waals surface area contributed by atoms with Crippen LogP contribution in [0.3, 0.4) is 0 Å². The Kier molecular flexibility index (Phi) is 3.44. The molecule has 2 amide bonds. The summed E-state index contributed by atoms with van der Waals surface area (Å²) in [4.78, 5) is 26.8. The van der Waals surface area contributed by atoms with Gasteiger partial charge < -0.3 is 10.2 Å². The van der Waals surface area contributed by atoms with E-state index in [1.165, 1.54) is 19.3 Å². The first-order chi connectivity index (χ1) is 12.1. The number of amides is 2. The van der Waals surface area contributed by atoms with Crippen LogP contribution in [0.4, 0.5) is 11.4 Å². The monoisotopic (exact) mass is 338 g/mol. The van der Waals surface area contributed by atoms with E-state index in [4.69, 9.17) is 0 Å². The van der Waals surface area contributed by atoms with Gasteiger partial charge in [-0.25, -0.2) is 0 Å². The lowest BCUT2D eigenvalue weighted by molar-refractivity contribution is -0.140. The molecule has 4 nitrogen and oxygen atoms in total. The molecule has 0 unspecified atom stereocenters. The first-order valence-corrected chi connectivity index (χ1v) is 9.83. The zero-order chi connectivity index (χ0) is 17.0. The van der Waals surface area contributed by atoms with Crippen LogP contribution in [-0.4, -0.2) is 18.4 Å². The number of carbonyl (C=O) groups is 2. The quantitative estimate of drug-likeness (QED) is 0.906. The van der Waals surface area contributed by atoms with Gasteiger partial charge in [-0.2, -0.15) is 0 Å². The Morgan fingerprint density at radius 1 is 1.00 bits per heavy atom. The number of hydrogen-bond acceptors (Lipinski definition) is 2. The Balaban J connectivity index is 1.30. The van der Waals surface area contributed by atoms with Crippen molar-refractivity contribution in [3.63, 3.8) is 0 Å². The zero-order valence-corrected chi connectivity index (χ0v) is 14.7. The number of hydrogen-bond donors (Lipinski definition) is 1. The van der Waals surface area contributed by atoms with Crippen LogP contribution in [-0.2, 0) is 9.59 Å². The second-order valence-corrected chi connectivity index (χ2v) is 8.85. The fourth-order valence-corrected chi connectivity index (χ4v) is 6.30. The van der Waals surface area contributed by atoms with E-state index in [-0.39, 0.29) is 17.2 Å². The van der Waals surface area contributed by atoms with Crippen LogP contribution in [0.2, 0.25) is 0 Å². The number of carbonyl (C=O) groups excluding carboxylic acids is 2. The van der Waals surface area contributed by atoms with Gasteiger partial charge >= 0.3 is 0 Å². The number of anilines is 2. The van der Waals surface area contributed by atoms with Gasteiger partial charge in [0.2, 0.25) is 11.8 Å². The standard InChI is InChI=1S/C21H26N2O2/c24-19-2-1-7-23(19)18-5-3-17(4-6-18)22-20(25)21-11-14-8-15(12-21)10-16(9-14)13-21/h3-6,14-16H,1-2,7-13H2,(H,22,25). The molecule has 4 heteroatoms. The Labute approximate surface area is 149 Å². The SMILES string of the molecule is O=C1CCCN1c1ccc(NC(=O)C23CC4CC(CC(C4)C2)C3)cc1. The summed E-state index contributed by atoms with van der Waals surface area (Å²) in [6.07, 6.45) is 8.90. The van der Waals surface area contributed by atoms with Crippen molar-refractivity contribution >= 4 is 23.2 Å². The molecule has 0 aromatic heterocycles. The summed E-state index contributed by atoms with van der Waals surface area (Å²) in [5.74, 6) is 2.77. The number of nitrogens with one attached hydrogen (secondary N) is 1. The average Bonchev–Trinajstić information content (AvgIpc) is 3.00. The first kappa shape index (κ1) is 15.4. The van der Waals surface area contributed by atoms with E-state index < -0.39 is 0 Å². The molecule has 25 heavy (non-hydrogen) atoms. The van der Waals surface area contributed by atoms with Crippen molar-refractivity contribution in [3.8, 4) is 0 Å². The molecule has 1 aliphatic heterocycles. The topological polar surface area (TPSA) is 49.4 Å². The smallest absolute Gasteiger partial charge is 0.230 e. The van der Waals surface area contributed by atoms with E-state index in [0.717, 1.165) is 61.4 Å². The van der Waals surface area contributed by atoms with Gasteiger partial charge in [-0.05, 0) is 87.0 Å². The van der Waals surface area contributed by atoms with Gasteiger partial charge in [-0.1, -0.05) is 0 Å². The fourth-order valence-electron chi connectivity index (χ4n) is 6.30. The highest BCUT2D eigenvalue weighted by molar-refractivity contribution is 5.97. The van der Waals surface area contributed by atoms with E-state index >= 15 is 0 Å². The van der Waals surface area contributed by atoms with Gasteiger partial charge in [-0.3, -0.25) is 9.59 Å².